The van der Waals surface area contributed by atoms with Crippen molar-refractivity contribution in [3.8, 4) is 0 Å². The van der Waals surface area contributed by atoms with Crippen LogP contribution in [0.4, 0.5) is 10.1 Å². The van der Waals surface area contributed by atoms with Crippen molar-refractivity contribution < 1.29 is 4.39 Å². The van der Waals surface area contributed by atoms with Gasteiger partial charge in [0, 0.05) is 11.0 Å². The maximum Gasteiger partial charge on any atom is 0.146 e. The molecule has 17 heavy (non-hydrogen) atoms. The molecule has 2 aliphatic rings. The van der Waals surface area contributed by atoms with Gasteiger partial charge in [-0.3, -0.25) is 0 Å². The van der Waals surface area contributed by atoms with Gasteiger partial charge in [-0.2, -0.15) is 0 Å². The Morgan fingerprint density at radius 3 is 2.88 bits per heavy atom. The molecule has 2 saturated carbocycles. The van der Waals surface area contributed by atoms with Crippen LogP contribution in [0.1, 0.15) is 25.7 Å². The van der Waals surface area contributed by atoms with Gasteiger partial charge in [0.25, 0.3) is 0 Å². The standard InChI is InChI=1S/C14H17BrFN/c15-12-3-4-13(16)14(7-12)17-8-11-6-9-1-2-10(11)5-9/h3-4,7,9-11,17H,1-2,5-6,8H2. The van der Waals surface area contributed by atoms with Crippen molar-refractivity contribution in [3.63, 3.8) is 0 Å². The summed E-state index contributed by atoms with van der Waals surface area (Å²) < 4.78 is 14.5. The van der Waals surface area contributed by atoms with Crippen LogP contribution in [-0.2, 0) is 0 Å². The van der Waals surface area contributed by atoms with Gasteiger partial charge in [0.2, 0.25) is 0 Å². The van der Waals surface area contributed by atoms with Crippen molar-refractivity contribution in [2.75, 3.05) is 11.9 Å². The van der Waals surface area contributed by atoms with Gasteiger partial charge in [-0.25, -0.2) is 4.39 Å². The van der Waals surface area contributed by atoms with Crippen molar-refractivity contribution >= 4 is 21.6 Å². The molecule has 2 fully saturated rings. The van der Waals surface area contributed by atoms with E-state index in [9.17, 15) is 4.39 Å². The number of nitrogens with one attached hydrogen (secondary N) is 1. The lowest BCUT2D eigenvalue weighted by atomic mass is 9.89. The first-order chi connectivity index (χ1) is 8.22. The highest BCUT2D eigenvalue weighted by Crippen LogP contribution is 2.48. The summed E-state index contributed by atoms with van der Waals surface area (Å²) in [6, 6.07) is 5.06. The van der Waals surface area contributed by atoms with E-state index in [0.29, 0.717) is 5.69 Å². The van der Waals surface area contributed by atoms with Crippen molar-refractivity contribution in [2.24, 2.45) is 17.8 Å². The zero-order valence-electron chi connectivity index (χ0n) is 9.76. The molecule has 1 aromatic rings. The van der Waals surface area contributed by atoms with Crippen LogP contribution in [0.5, 0.6) is 0 Å². The molecular formula is C14H17BrFN. The molecule has 1 nitrogen and oxygen atoms in total. The molecule has 0 amide bonds. The quantitative estimate of drug-likeness (QED) is 0.870. The topological polar surface area (TPSA) is 12.0 Å². The number of hydrogen-bond acceptors (Lipinski definition) is 1. The van der Waals surface area contributed by atoms with Crippen LogP contribution >= 0.6 is 15.9 Å². The van der Waals surface area contributed by atoms with E-state index in [4.69, 9.17) is 0 Å². The van der Waals surface area contributed by atoms with Crippen molar-refractivity contribution in [1.82, 2.24) is 0 Å². The summed E-state index contributed by atoms with van der Waals surface area (Å²) in [5.74, 6) is 2.45. The molecule has 3 heteroatoms. The molecule has 2 bridgehead atoms. The molecular weight excluding hydrogens is 281 g/mol. The van der Waals surface area contributed by atoms with Crippen LogP contribution in [0.25, 0.3) is 0 Å². The molecule has 0 radical (unpaired) electrons. The maximum atomic E-state index is 13.5. The SMILES string of the molecule is Fc1ccc(Br)cc1NCC1CC2CCC1C2. The van der Waals surface area contributed by atoms with Crippen LogP contribution in [0.3, 0.4) is 0 Å². The molecule has 3 atom stereocenters. The lowest BCUT2D eigenvalue weighted by Crippen LogP contribution is -2.20. The minimum absolute atomic E-state index is 0.156. The van der Waals surface area contributed by atoms with Crippen LogP contribution in [0, 0.1) is 23.6 Å². The average Bonchev–Trinajstić information content (AvgIpc) is 2.92. The second-order valence-electron chi connectivity index (χ2n) is 5.44. The van der Waals surface area contributed by atoms with E-state index >= 15 is 0 Å². The predicted octanol–water partition coefficient (Wildman–Crippen LogP) is 4.44. The van der Waals surface area contributed by atoms with E-state index in [1.807, 2.05) is 6.07 Å². The zero-order chi connectivity index (χ0) is 11.8. The summed E-state index contributed by atoms with van der Waals surface area (Å²) in [5, 5.41) is 3.28. The molecule has 0 aliphatic heterocycles. The minimum Gasteiger partial charge on any atom is -0.382 e. The molecule has 3 unspecified atom stereocenters. The maximum absolute atomic E-state index is 13.5. The van der Waals surface area contributed by atoms with E-state index in [1.165, 1.54) is 31.7 Å². The largest absolute Gasteiger partial charge is 0.382 e. The molecule has 0 aromatic heterocycles. The molecule has 3 rings (SSSR count). The summed E-state index contributed by atoms with van der Waals surface area (Å²) in [6.07, 6.45) is 5.56. The fourth-order valence-electron chi connectivity index (χ4n) is 3.50. The van der Waals surface area contributed by atoms with E-state index in [-0.39, 0.29) is 5.82 Å². The van der Waals surface area contributed by atoms with Crippen molar-refractivity contribution in [1.29, 1.82) is 0 Å². The number of benzene rings is 1. The van der Waals surface area contributed by atoms with Crippen LogP contribution in [-0.4, -0.2) is 6.54 Å². The lowest BCUT2D eigenvalue weighted by molar-refractivity contribution is 0.348. The second-order valence-corrected chi connectivity index (χ2v) is 6.36. The number of anilines is 1. The highest BCUT2D eigenvalue weighted by molar-refractivity contribution is 9.10. The van der Waals surface area contributed by atoms with Gasteiger partial charge >= 0.3 is 0 Å². The summed E-state index contributed by atoms with van der Waals surface area (Å²) in [6.45, 7) is 0.925. The van der Waals surface area contributed by atoms with Crippen molar-refractivity contribution in [2.45, 2.75) is 25.7 Å². The summed E-state index contributed by atoms with van der Waals surface area (Å²) >= 11 is 3.38. The molecule has 1 aromatic carbocycles. The summed E-state index contributed by atoms with van der Waals surface area (Å²) in [5.41, 5.74) is 0.627. The lowest BCUT2D eigenvalue weighted by Gasteiger charge is -2.22. The number of halogens is 2. The second kappa shape index (κ2) is 4.60. The first-order valence-corrected chi connectivity index (χ1v) is 7.20. The van der Waals surface area contributed by atoms with Gasteiger partial charge in [-0.1, -0.05) is 22.4 Å². The number of rotatable bonds is 3. The van der Waals surface area contributed by atoms with E-state index < -0.39 is 0 Å². The first-order valence-electron chi connectivity index (χ1n) is 6.41. The number of fused-ring (bicyclic) bond motifs is 2. The normalized spacial score (nSPS) is 30.8. The Bertz CT molecular complexity index is 421. The van der Waals surface area contributed by atoms with Crippen LogP contribution in [0.15, 0.2) is 22.7 Å². The van der Waals surface area contributed by atoms with E-state index in [2.05, 4.69) is 21.2 Å². The van der Waals surface area contributed by atoms with Crippen molar-refractivity contribution in [3.05, 3.63) is 28.5 Å². The van der Waals surface area contributed by atoms with E-state index in [0.717, 1.165) is 28.8 Å². The highest BCUT2D eigenvalue weighted by Gasteiger charge is 2.39. The predicted molar refractivity (Wildman–Crippen MR) is 71.5 cm³/mol. The first kappa shape index (κ1) is 11.5. The van der Waals surface area contributed by atoms with Gasteiger partial charge in [0.15, 0.2) is 0 Å². The van der Waals surface area contributed by atoms with Gasteiger partial charge < -0.3 is 5.32 Å². The smallest absolute Gasteiger partial charge is 0.146 e. The Labute approximate surface area is 110 Å². The molecule has 0 spiro atoms. The van der Waals surface area contributed by atoms with Crippen LogP contribution < -0.4 is 5.32 Å². The molecule has 92 valence electrons. The van der Waals surface area contributed by atoms with Gasteiger partial charge in [0.1, 0.15) is 5.82 Å². The summed E-state index contributed by atoms with van der Waals surface area (Å²) in [4.78, 5) is 0. The van der Waals surface area contributed by atoms with Gasteiger partial charge in [-0.15, -0.1) is 0 Å². The number of hydrogen-bond donors (Lipinski definition) is 1. The fraction of sp³-hybridized carbons (Fsp3) is 0.571. The average molecular weight is 298 g/mol. The van der Waals surface area contributed by atoms with Gasteiger partial charge in [-0.05, 0) is 55.2 Å². The molecule has 0 heterocycles. The fourth-order valence-corrected chi connectivity index (χ4v) is 3.86. The molecule has 2 aliphatic carbocycles. The highest BCUT2D eigenvalue weighted by atomic mass is 79.9. The monoisotopic (exact) mass is 297 g/mol. The molecule has 0 saturated heterocycles. The third-order valence-electron chi connectivity index (χ3n) is 4.37. The third-order valence-corrected chi connectivity index (χ3v) is 4.86. The Hall–Kier alpha value is -0.570. The van der Waals surface area contributed by atoms with Crippen LogP contribution in [0.2, 0.25) is 0 Å². The molecule has 1 N–H and O–H groups in total. The third kappa shape index (κ3) is 2.35. The van der Waals surface area contributed by atoms with Gasteiger partial charge in [0.05, 0.1) is 5.69 Å². The zero-order valence-corrected chi connectivity index (χ0v) is 11.3. The Morgan fingerprint density at radius 1 is 1.29 bits per heavy atom. The van der Waals surface area contributed by atoms with E-state index in [1.54, 1.807) is 6.07 Å². The Morgan fingerprint density at radius 2 is 2.18 bits per heavy atom. The minimum atomic E-state index is -0.156. The Kier molecular flexibility index (Phi) is 3.12. The Balaban J connectivity index is 1.62. The summed E-state index contributed by atoms with van der Waals surface area (Å²) in [7, 11) is 0.